The third kappa shape index (κ3) is 4.20. The SMILES string of the molecule is CNc1ncc(-c2nc3ccc(N4CCOC(C(C)O)C4)cn3n2)c2cc(NC(=O)C3CC3)ncc12. The predicted molar refractivity (Wildman–Crippen MR) is 136 cm³/mol. The lowest BCUT2D eigenvalue weighted by molar-refractivity contribution is -0.117. The smallest absolute Gasteiger partial charge is 0.228 e. The van der Waals surface area contributed by atoms with E-state index >= 15 is 0 Å². The van der Waals surface area contributed by atoms with E-state index in [-0.39, 0.29) is 17.9 Å². The van der Waals surface area contributed by atoms with Gasteiger partial charge < -0.3 is 25.4 Å². The lowest BCUT2D eigenvalue weighted by atomic mass is 10.1. The predicted octanol–water partition coefficient (Wildman–Crippen LogP) is 2.32. The van der Waals surface area contributed by atoms with Gasteiger partial charge in [0.25, 0.3) is 0 Å². The fourth-order valence-electron chi connectivity index (χ4n) is 4.53. The zero-order chi connectivity index (χ0) is 24.8. The van der Waals surface area contributed by atoms with Crippen LogP contribution in [0.3, 0.4) is 0 Å². The van der Waals surface area contributed by atoms with Crippen molar-refractivity contribution in [3.8, 4) is 11.4 Å². The Bertz CT molecular complexity index is 1450. The Balaban J connectivity index is 1.37. The number of hydrogen-bond acceptors (Lipinski definition) is 9. The Kier molecular flexibility index (Phi) is 5.65. The number of ether oxygens (including phenoxy) is 1. The first-order chi connectivity index (χ1) is 17.5. The van der Waals surface area contributed by atoms with Crippen LogP contribution in [0.5, 0.6) is 0 Å². The van der Waals surface area contributed by atoms with E-state index < -0.39 is 6.10 Å². The molecule has 4 aromatic heterocycles. The topological polar surface area (TPSA) is 130 Å². The monoisotopic (exact) mass is 488 g/mol. The maximum atomic E-state index is 12.3. The van der Waals surface area contributed by atoms with Crippen molar-refractivity contribution < 1.29 is 14.6 Å². The molecule has 4 aromatic rings. The standard InChI is InChI=1S/C25H28N8O3/c1-14(34)20-13-32(7-8-36-20)16-5-6-22-30-24(31-33(22)12-16)19-11-28-23(26-2)18-10-27-21(9-17(18)19)29-25(35)15-3-4-15/h5-6,9-12,14-15,20,34H,3-4,7-8,13H2,1-2H3,(H,26,28)(H,27,29,35). The van der Waals surface area contributed by atoms with Gasteiger partial charge in [-0.2, -0.15) is 0 Å². The Hall–Kier alpha value is -3.83. The Morgan fingerprint density at radius 3 is 2.86 bits per heavy atom. The zero-order valence-corrected chi connectivity index (χ0v) is 20.2. The summed E-state index contributed by atoms with van der Waals surface area (Å²) >= 11 is 0. The number of pyridine rings is 3. The number of aromatic nitrogens is 5. The maximum absolute atomic E-state index is 12.3. The second-order valence-corrected chi connectivity index (χ2v) is 9.37. The Labute approximate surface area is 207 Å². The van der Waals surface area contributed by atoms with E-state index in [9.17, 15) is 9.90 Å². The first-order valence-electron chi connectivity index (χ1n) is 12.2. The van der Waals surface area contributed by atoms with Gasteiger partial charge in [-0.25, -0.2) is 19.5 Å². The van der Waals surface area contributed by atoms with Gasteiger partial charge in [0.05, 0.1) is 24.6 Å². The van der Waals surface area contributed by atoms with Crippen LogP contribution in [0.2, 0.25) is 0 Å². The molecule has 2 unspecified atom stereocenters. The number of nitrogens with zero attached hydrogens (tertiary/aromatic N) is 6. The van der Waals surface area contributed by atoms with E-state index in [1.54, 1.807) is 23.8 Å². The van der Waals surface area contributed by atoms with Gasteiger partial charge in [0.1, 0.15) is 17.7 Å². The summed E-state index contributed by atoms with van der Waals surface area (Å²) in [6.45, 7) is 3.64. The van der Waals surface area contributed by atoms with Crippen LogP contribution in [0, 0.1) is 5.92 Å². The van der Waals surface area contributed by atoms with Crippen molar-refractivity contribution in [3.05, 3.63) is 36.8 Å². The van der Waals surface area contributed by atoms with Crippen molar-refractivity contribution in [3.63, 3.8) is 0 Å². The average Bonchev–Trinajstić information content (AvgIpc) is 3.67. The number of carbonyl (C=O) groups excluding carboxylic acids is 1. The van der Waals surface area contributed by atoms with Crippen LogP contribution in [0.1, 0.15) is 19.8 Å². The van der Waals surface area contributed by atoms with E-state index in [0.29, 0.717) is 36.3 Å². The first-order valence-corrected chi connectivity index (χ1v) is 12.2. The normalized spacial score (nSPS) is 19.0. The summed E-state index contributed by atoms with van der Waals surface area (Å²) in [6.07, 6.45) is 6.48. The molecule has 2 atom stereocenters. The van der Waals surface area contributed by atoms with E-state index in [4.69, 9.17) is 14.8 Å². The fourth-order valence-corrected chi connectivity index (χ4v) is 4.53. The third-order valence-electron chi connectivity index (χ3n) is 6.76. The molecule has 1 amide bonds. The summed E-state index contributed by atoms with van der Waals surface area (Å²) in [5.41, 5.74) is 2.44. The average molecular weight is 489 g/mol. The molecule has 0 spiro atoms. The van der Waals surface area contributed by atoms with Crippen molar-refractivity contribution in [2.24, 2.45) is 5.92 Å². The number of aliphatic hydroxyl groups excluding tert-OH is 1. The zero-order valence-electron chi connectivity index (χ0n) is 20.2. The van der Waals surface area contributed by atoms with Gasteiger partial charge in [-0.05, 0) is 38.0 Å². The number of aliphatic hydroxyl groups is 1. The van der Waals surface area contributed by atoms with Crippen LogP contribution in [-0.2, 0) is 9.53 Å². The molecule has 3 N–H and O–H groups in total. The Morgan fingerprint density at radius 2 is 2.08 bits per heavy atom. The van der Waals surface area contributed by atoms with Gasteiger partial charge in [-0.3, -0.25) is 4.79 Å². The van der Waals surface area contributed by atoms with Crippen molar-refractivity contribution >= 4 is 39.6 Å². The fraction of sp³-hybridized carbons (Fsp3) is 0.400. The minimum absolute atomic E-state index is 0.00521. The van der Waals surface area contributed by atoms with E-state index in [0.717, 1.165) is 41.4 Å². The highest BCUT2D eigenvalue weighted by Crippen LogP contribution is 2.33. The van der Waals surface area contributed by atoms with Gasteiger partial charge in [0.15, 0.2) is 11.5 Å². The van der Waals surface area contributed by atoms with Crippen molar-refractivity contribution in [2.45, 2.75) is 32.0 Å². The van der Waals surface area contributed by atoms with Crippen LogP contribution < -0.4 is 15.5 Å². The molecule has 2 aliphatic rings. The Morgan fingerprint density at radius 1 is 1.22 bits per heavy atom. The van der Waals surface area contributed by atoms with Crippen LogP contribution in [0.15, 0.2) is 36.8 Å². The van der Waals surface area contributed by atoms with Gasteiger partial charge in [0, 0.05) is 54.8 Å². The molecule has 36 heavy (non-hydrogen) atoms. The lowest BCUT2D eigenvalue weighted by Crippen LogP contribution is -2.47. The van der Waals surface area contributed by atoms with Crippen LogP contribution in [-0.4, -0.2) is 74.5 Å². The van der Waals surface area contributed by atoms with Crippen molar-refractivity contribution in [1.82, 2.24) is 24.6 Å². The highest BCUT2D eigenvalue weighted by molar-refractivity contribution is 6.03. The van der Waals surface area contributed by atoms with Crippen LogP contribution >= 0.6 is 0 Å². The second kappa shape index (κ2) is 8.99. The molecule has 0 radical (unpaired) electrons. The molecule has 186 valence electrons. The van der Waals surface area contributed by atoms with Gasteiger partial charge in [0.2, 0.25) is 5.91 Å². The number of rotatable bonds is 6. The molecular weight excluding hydrogens is 460 g/mol. The highest BCUT2D eigenvalue weighted by Gasteiger charge is 2.30. The number of amides is 1. The van der Waals surface area contributed by atoms with Gasteiger partial charge in [-0.1, -0.05) is 0 Å². The van der Waals surface area contributed by atoms with Crippen molar-refractivity contribution in [2.75, 3.05) is 42.3 Å². The van der Waals surface area contributed by atoms with Crippen molar-refractivity contribution in [1.29, 1.82) is 0 Å². The minimum Gasteiger partial charge on any atom is -0.391 e. The minimum atomic E-state index is -0.538. The van der Waals surface area contributed by atoms with Gasteiger partial charge in [-0.15, -0.1) is 5.10 Å². The molecule has 5 heterocycles. The van der Waals surface area contributed by atoms with E-state index in [2.05, 4.69) is 25.5 Å². The summed E-state index contributed by atoms with van der Waals surface area (Å²) in [5, 5.41) is 22.4. The van der Waals surface area contributed by atoms with Crippen LogP contribution in [0.25, 0.3) is 27.8 Å². The second-order valence-electron chi connectivity index (χ2n) is 9.37. The molecule has 6 rings (SSSR count). The summed E-state index contributed by atoms with van der Waals surface area (Å²) in [6, 6.07) is 5.79. The molecule has 0 aromatic carbocycles. The molecule has 2 fully saturated rings. The first kappa shape index (κ1) is 22.6. The molecular formula is C25H28N8O3. The molecule has 0 bridgehead atoms. The number of morpholine rings is 1. The maximum Gasteiger partial charge on any atom is 0.228 e. The van der Waals surface area contributed by atoms with Gasteiger partial charge >= 0.3 is 0 Å². The molecule has 1 aliphatic heterocycles. The molecule has 1 saturated carbocycles. The number of anilines is 3. The highest BCUT2D eigenvalue weighted by atomic mass is 16.5. The summed E-state index contributed by atoms with van der Waals surface area (Å²) in [4.78, 5) is 28.2. The summed E-state index contributed by atoms with van der Waals surface area (Å²) < 4.78 is 7.44. The number of nitrogens with one attached hydrogen (secondary N) is 2. The molecule has 1 aliphatic carbocycles. The largest absolute Gasteiger partial charge is 0.391 e. The number of fused-ring (bicyclic) bond motifs is 2. The van der Waals surface area contributed by atoms with Crippen LogP contribution in [0.4, 0.5) is 17.3 Å². The number of carbonyl (C=O) groups is 1. The quantitative estimate of drug-likeness (QED) is 0.374. The van der Waals surface area contributed by atoms with E-state index in [1.165, 1.54) is 0 Å². The molecule has 11 nitrogen and oxygen atoms in total. The van der Waals surface area contributed by atoms with E-state index in [1.807, 2.05) is 31.4 Å². The third-order valence-corrected chi connectivity index (χ3v) is 6.76. The lowest BCUT2D eigenvalue weighted by Gasteiger charge is -2.35. The number of hydrogen-bond donors (Lipinski definition) is 3. The summed E-state index contributed by atoms with van der Waals surface area (Å²) in [5.74, 6) is 1.81. The molecule has 1 saturated heterocycles. The molecule has 11 heteroatoms. The summed E-state index contributed by atoms with van der Waals surface area (Å²) in [7, 11) is 1.81.